The van der Waals surface area contributed by atoms with Gasteiger partial charge in [-0.15, -0.1) is 0 Å². The fourth-order valence-electron chi connectivity index (χ4n) is 2.00. The zero-order valence-electron chi connectivity index (χ0n) is 9.32. The second kappa shape index (κ2) is 4.00. The number of nitrogens with zero attached hydrogens (tertiary/aromatic N) is 1. The largest absolute Gasteiger partial charge is 0.478 e. The van der Waals surface area contributed by atoms with E-state index in [0.717, 1.165) is 0 Å². The summed E-state index contributed by atoms with van der Waals surface area (Å²) in [5.74, 6) is -1.08. The molecule has 0 saturated carbocycles. The van der Waals surface area contributed by atoms with Gasteiger partial charge in [-0.2, -0.15) is 0 Å². The van der Waals surface area contributed by atoms with E-state index in [9.17, 15) is 14.7 Å². The topological polar surface area (TPSA) is 59.3 Å². The van der Waals surface area contributed by atoms with Gasteiger partial charge in [-0.1, -0.05) is 12.1 Å². The number of halogens is 1. The molecule has 0 unspecified atom stereocenters. The molecular weight excluding hydrogens is 286 g/mol. The minimum atomic E-state index is -1.08. The number of fused-ring (bicyclic) bond motifs is 1. The summed E-state index contributed by atoms with van der Waals surface area (Å²) in [5, 5.41) is 9.77. The Labute approximate surface area is 106 Å². The summed E-state index contributed by atoms with van der Waals surface area (Å²) in [6, 6.07) is 5.24. The molecule has 2 aromatic rings. The maximum absolute atomic E-state index is 11.9. The van der Waals surface area contributed by atoms with Crippen LogP contribution in [-0.2, 0) is 7.05 Å². The molecule has 1 aromatic heterocycles. The molecule has 0 bridgehead atoms. The summed E-state index contributed by atoms with van der Waals surface area (Å²) in [6.07, 6.45) is 0. The summed E-state index contributed by atoms with van der Waals surface area (Å²) >= 11 is 3.34. The molecule has 0 aliphatic heterocycles. The van der Waals surface area contributed by atoms with Gasteiger partial charge in [0.05, 0.1) is 11.1 Å². The Morgan fingerprint density at radius 3 is 2.65 bits per heavy atom. The molecule has 1 heterocycles. The molecule has 0 aliphatic rings. The average Bonchev–Trinajstić information content (AvgIpc) is 2.25. The average molecular weight is 296 g/mol. The van der Waals surface area contributed by atoms with Crippen molar-refractivity contribution in [3.05, 3.63) is 44.2 Å². The SMILES string of the molecule is Cc1c(C(=O)O)c2cccc(Br)c2n(C)c1=O. The quantitative estimate of drug-likeness (QED) is 0.878. The van der Waals surface area contributed by atoms with E-state index >= 15 is 0 Å². The number of para-hydroxylation sites is 1. The zero-order valence-corrected chi connectivity index (χ0v) is 10.9. The number of carboxylic acids is 1. The van der Waals surface area contributed by atoms with Gasteiger partial charge in [-0.3, -0.25) is 4.79 Å². The Bertz CT molecular complexity index is 688. The summed E-state index contributed by atoms with van der Waals surface area (Å²) in [6.45, 7) is 1.53. The van der Waals surface area contributed by atoms with Crippen LogP contribution < -0.4 is 5.56 Å². The highest BCUT2D eigenvalue weighted by atomic mass is 79.9. The number of rotatable bonds is 1. The van der Waals surface area contributed by atoms with Crippen molar-refractivity contribution in [2.75, 3.05) is 0 Å². The highest BCUT2D eigenvalue weighted by molar-refractivity contribution is 9.10. The third-order valence-electron chi connectivity index (χ3n) is 2.81. The van der Waals surface area contributed by atoms with Crippen LogP contribution in [-0.4, -0.2) is 15.6 Å². The normalized spacial score (nSPS) is 10.8. The lowest BCUT2D eigenvalue weighted by atomic mass is 10.0. The van der Waals surface area contributed by atoms with E-state index in [1.807, 2.05) is 0 Å². The van der Waals surface area contributed by atoms with Gasteiger partial charge in [0, 0.05) is 22.5 Å². The number of aromatic carboxylic acids is 1. The van der Waals surface area contributed by atoms with Crippen molar-refractivity contribution in [2.24, 2.45) is 7.05 Å². The molecule has 88 valence electrons. The number of hydrogen-bond donors (Lipinski definition) is 1. The second-order valence-electron chi connectivity index (χ2n) is 3.81. The highest BCUT2D eigenvalue weighted by Gasteiger charge is 2.18. The maximum Gasteiger partial charge on any atom is 0.336 e. The molecule has 4 nitrogen and oxygen atoms in total. The molecule has 1 N–H and O–H groups in total. The number of benzene rings is 1. The Kier molecular flexibility index (Phi) is 2.79. The second-order valence-corrected chi connectivity index (χ2v) is 4.66. The fraction of sp³-hybridized carbons (Fsp3) is 0.167. The van der Waals surface area contributed by atoms with Gasteiger partial charge >= 0.3 is 5.97 Å². The standard InChI is InChI=1S/C12H10BrNO3/c1-6-9(12(16)17)7-4-3-5-8(13)10(7)14(2)11(6)15/h3-5H,1-2H3,(H,16,17). The van der Waals surface area contributed by atoms with Crippen LogP contribution in [0.1, 0.15) is 15.9 Å². The van der Waals surface area contributed by atoms with Crippen LogP contribution in [0, 0.1) is 6.92 Å². The predicted molar refractivity (Wildman–Crippen MR) is 68.6 cm³/mol. The van der Waals surface area contributed by atoms with Crippen LogP contribution in [0.15, 0.2) is 27.5 Å². The third-order valence-corrected chi connectivity index (χ3v) is 3.45. The first-order valence-electron chi connectivity index (χ1n) is 4.96. The summed E-state index contributed by atoms with van der Waals surface area (Å²) in [5.41, 5.74) is 0.636. The Morgan fingerprint density at radius 1 is 1.41 bits per heavy atom. The smallest absolute Gasteiger partial charge is 0.336 e. The molecule has 0 spiro atoms. The third kappa shape index (κ3) is 1.67. The van der Waals surface area contributed by atoms with Crippen LogP contribution in [0.25, 0.3) is 10.9 Å². The van der Waals surface area contributed by atoms with Crippen molar-refractivity contribution in [1.82, 2.24) is 4.57 Å². The Morgan fingerprint density at radius 2 is 2.06 bits per heavy atom. The van der Waals surface area contributed by atoms with Gasteiger partial charge in [0.1, 0.15) is 0 Å². The van der Waals surface area contributed by atoms with E-state index in [4.69, 9.17) is 0 Å². The van der Waals surface area contributed by atoms with Crippen molar-refractivity contribution >= 4 is 32.8 Å². The van der Waals surface area contributed by atoms with Gasteiger partial charge in [0.2, 0.25) is 0 Å². The van der Waals surface area contributed by atoms with Gasteiger partial charge < -0.3 is 9.67 Å². The molecule has 0 atom stereocenters. The van der Waals surface area contributed by atoms with Crippen molar-refractivity contribution in [3.8, 4) is 0 Å². The Balaban J connectivity index is 3.16. The van der Waals surface area contributed by atoms with Gasteiger partial charge in [-0.25, -0.2) is 4.79 Å². The summed E-state index contributed by atoms with van der Waals surface area (Å²) in [7, 11) is 1.63. The maximum atomic E-state index is 11.9. The number of aromatic nitrogens is 1. The van der Waals surface area contributed by atoms with Crippen LogP contribution in [0.3, 0.4) is 0 Å². The van der Waals surface area contributed by atoms with E-state index < -0.39 is 5.97 Å². The monoisotopic (exact) mass is 295 g/mol. The van der Waals surface area contributed by atoms with Crippen molar-refractivity contribution in [3.63, 3.8) is 0 Å². The number of hydrogen-bond acceptors (Lipinski definition) is 2. The first-order chi connectivity index (χ1) is 7.95. The summed E-state index contributed by atoms with van der Waals surface area (Å²) in [4.78, 5) is 23.2. The summed E-state index contributed by atoms with van der Waals surface area (Å²) < 4.78 is 2.17. The minimum absolute atomic E-state index is 0.0735. The molecule has 0 saturated heterocycles. The van der Waals surface area contributed by atoms with E-state index in [0.29, 0.717) is 15.4 Å². The van der Waals surface area contributed by atoms with E-state index in [-0.39, 0.29) is 16.7 Å². The van der Waals surface area contributed by atoms with Crippen molar-refractivity contribution < 1.29 is 9.90 Å². The minimum Gasteiger partial charge on any atom is -0.478 e. The van der Waals surface area contributed by atoms with Gasteiger partial charge in [0.25, 0.3) is 5.56 Å². The highest BCUT2D eigenvalue weighted by Crippen LogP contribution is 2.26. The lowest BCUT2D eigenvalue weighted by Gasteiger charge is -2.11. The van der Waals surface area contributed by atoms with Crippen LogP contribution in [0.5, 0.6) is 0 Å². The van der Waals surface area contributed by atoms with Crippen molar-refractivity contribution in [1.29, 1.82) is 0 Å². The lowest BCUT2D eigenvalue weighted by molar-refractivity contribution is 0.0698. The van der Waals surface area contributed by atoms with Crippen LogP contribution in [0.4, 0.5) is 0 Å². The Hall–Kier alpha value is -1.62. The van der Waals surface area contributed by atoms with Gasteiger partial charge in [0.15, 0.2) is 0 Å². The van der Waals surface area contributed by atoms with E-state index in [1.165, 1.54) is 11.5 Å². The molecular formula is C12H10BrNO3. The molecule has 5 heteroatoms. The predicted octanol–water partition coefficient (Wildman–Crippen LogP) is 2.31. The molecule has 0 fully saturated rings. The van der Waals surface area contributed by atoms with E-state index in [1.54, 1.807) is 25.2 Å². The molecule has 0 amide bonds. The number of carboxylic acid groups (broad SMARTS) is 1. The zero-order chi connectivity index (χ0) is 12.7. The molecule has 2 rings (SSSR count). The van der Waals surface area contributed by atoms with Crippen LogP contribution in [0.2, 0.25) is 0 Å². The number of carbonyl (C=O) groups is 1. The lowest BCUT2D eigenvalue weighted by Crippen LogP contribution is -2.23. The first-order valence-corrected chi connectivity index (χ1v) is 5.75. The number of aryl methyl sites for hydroxylation is 1. The molecule has 1 aromatic carbocycles. The van der Waals surface area contributed by atoms with Crippen LogP contribution >= 0.6 is 15.9 Å². The first kappa shape index (κ1) is 11.9. The molecule has 0 aliphatic carbocycles. The fourth-order valence-corrected chi connectivity index (χ4v) is 2.63. The molecule has 0 radical (unpaired) electrons. The van der Waals surface area contributed by atoms with Crippen molar-refractivity contribution in [2.45, 2.75) is 6.92 Å². The number of pyridine rings is 1. The molecule has 17 heavy (non-hydrogen) atoms. The van der Waals surface area contributed by atoms with Gasteiger partial charge in [-0.05, 0) is 28.9 Å². The van der Waals surface area contributed by atoms with E-state index in [2.05, 4.69) is 15.9 Å².